The van der Waals surface area contributed by atoms with Gasteiger partial charge >= 0.3 is 0 Å². The molecule has 0 aliphatic carbocycles. The van der Waals surface area contributed by atoms with Crippen molar-refractivity contribution in [3.05, 3.63) is 36.0 Å². The zero-order chi connectivity index (χ0) is 13.2. The molecule has 1 aromatic heterocycles. The number of hydrogen-bond acceptors (Lipinski definition) is 4. The van der Waals surface area contributed by atoms with Crippen LogP contribution in [0.25, 0.3) is 10.4 Å². The Morgan fingerprint density at radius 2 is 2.11 bits per heavy atom. The quantitative estimate of drug-likeness (QED) is 0.840. The van der Waals surface area contributed by atoms with Crippen molar-refractivity contribution < 1.29 is 4.74 Å². The van der Waals surface area contributed by atoms with Crippen LogP contribution in [0.5, 0.6) is 0 Å². The largest absolute Gasteiger partial charge is 0.375 e. The first-order valence-corrected chi connectivity index (χ1v) is 7.45. The highest BCUT2D eigenvalue weighted by molar-refractivity contribution is 7.19. The lowest BCUT2D eigenvalue weighted by molar-refractivity contribution is 0.0532. The van der Waals surface area contributed by atoms with Gasteiger partial charge in [0, 0.05) is 13.1 Å². The second kappa shape index (κ2) is 5.31. The topological polar surface area (TPSA) is 25.4 Å². The fraction of sp³-hybridized carbons (Fsp3) is 0.400. The van der Waals surface area contributed by atoms with Crippen molar-refractivity contribution in [2.75, 3.05) is 24.6 Å². The van der Waals surface area contributed by atoms with E-state index < -0.39 is 0 Å². The SMILES string of the molecule is Cc1nc(N2CCOC(C)C2)sc1-c1ccccc1. The maximum atomic E-state index is 5.59. The summed E-state index contributed by atoms with van der Waals surface area (Å²) in [6.07, 6.45) is 0.290. The summed E-state index contributed by atoms with van der Waals surface area (Å²) < 4.78 is 5.59. The first-order valence-electron chi connectivity index (χ1n) is 6.63. The van der Waals surface area contributed by atoms with Gasteiger partial charge in [0.2, 0.25) is 0 Å². The molecule has 2 aromatic rings. The summed E-state index contributed by atoms with van der Waals surface area (Å²) >= 11 is 1.78. The highest BCUT2D eigenvalue weighted by atomic mass is 32.1. The van der Waals surface area contributed by atoms with Gasteiger partial charge in [0.05, 0.1) is 23.3 Å². The molecule has 100 valence electrons. The summed E-state index contributed by atoms with van der Waals surface area (Å²) in [5.74, 6) is 0. The summed E-state index contributed by atoms with van der Waals surface area (Å²) in [7, 11) is 0. The number of morpholine rings is 1. The molecule has 4 heteroatoms. The number of ether oxygens (including phenoxy) is 1. The van der Waals surface area contributed by atoms with Gasteiger partial charge in [-0.3, -0.25) is 0 Å². The van der Waals surface area contributed by atoms with E-state index in [0.29, 0.717) is 0 Å². The Morgan fingerprint density at radius 3 is 2.84 bits per heavy atom. The molecule has 1 aliphatic heterocycles. The van der Waals surface area contributed by atoms with E-state index in [1.54, 1.807) is 11.3 Å². The van der Waals surface area contributed by atoms with Crippen LogP contribution >= 0.6 is 11.3 Å². The minimum absolute atomic E-state index is 0.290. The first kappa shape index (κ1) is 12.6. The number of aromatic nitrogens is 1. The van der Waals surface area contributed by atoms with Crippen molar-refractivity contribution >= 4 is 16.5 Å². The molecule has 1 unspecified atom stereocenters. The van der Waals surface area contributed by atoms with E-state index in [-0.39, 0.29) is 6.10 Å². The number of thiazole rings is 1. The minimum atomic E-state index is 0.290. The molecular formula is C15H18N2OS. The van der Waals surface area contributed by atoms with Crippen LogP contribution in [-0.2, 0) is 4.74 Å². The Balaban J connectivity index is 1.89. The first-order chi connectivity index (χ1) is 9.24. The summed E-state index contributed by atoms with van der Waals surface area (Å²) in [6, 6.07) is 10.5. The molecule has 0 bridgehead atoms. The van der Waals surface area contributed by atoms with Crippen molar-refractivity contribution in [2.45, 2.75) is 20.0 Å². The molecule has 0 N–H and O–H groups in total. The summed E-state index contributed by atoms with van der Waals surface area (Å²) in [6.45, 7) is 6.87. The van der Waals surface area contributed by atoms with E-state index in [1.807, 2.05) is 6.07 Å². The van der Waals surface area contributed by atoms with Crippen LogP contribution in [0.1, 0.15) is 12.6 Å². The van der Waals surface area contributed by atoms with E-state index in [4.69, 9.17) is 9.72 Å². The number of nitrogens with zero attached hydrogens (tertiary/aromatic N) is 2. The van der Waals surface area contributed by atoms with E-state index in [2.05, 4.69) is 43.0 Å². The van der Waals surface area contributed by atoms with E-state index in [0.717, 1.165) is 30.5 Å². The van der Waals surface area contributed by atoms with Crippen molar-refractivity contribution in [3.8, 4) is 10.4 Å². The highest BCUT2D eigenvalue weighted by Crippen LogP contribution is 2.34. The van der Waals surface area contributed by atoms with Gasteiger partial charge in [-0.05, 0) is 19.4 Å². The number of hydrogen-bond donors (Lipinski definition) is 0. The number of aryl methyl sites for hydroxylation is 1. The minimum Gasteiger partial charge on any atom is -0.375 e. The van der Waals surface area contributed by atoms with Crippen LogP contribution in [0.3, 0.4) is 0 Å². The maximum Gasteiger partial charge on any atom is 0.186 e. The maximum absolute atomic E-state index is 5.59. The lowest BCUT2D eigenvalue weighted by atomic mass is 10.2. The van der Waals surface area contributed by atoms with Gasteiger partial charge in [-0.25, -0.2) is 4.98 Å². The average Bonchev–Trinajstić information content (AvgIpc) is 2.82. The molecule has 2 heterocycles. The summed E-state index contributed by atoms with van der Waals surface area (Å²) in [5.41, 5.74) is 2.37. The molecule has 0 spiro atoms. The standard InChI is InChI=1S/C15H18N2OS/c1-11-10-17(8-9-18-11)15-16-12(2)14(19-15)13-6-4-3-5-7-13/h3-7,11H,8-10H2,1-2H3. The van der Waals surface area contributed by atoms with Gasteiger partial charge in [-0.2, -0.15) is 0 Å². The third-order valence-corrected chi connectivity index (χ3v) is 4.60. The molecular weight excluding hydrogens is 256 g/mol. The second-order valence-corrected chi connectivity index (χ2v) is 5.88. The molecule has 0 amide bonds. The summed E-state index contributed by atoms with van der Waals surface area (Å²) in [4.78, 5) is 8.34. The normalized spacial score (nSPS) is 19.7. The fourth-order valence-corrected chi connectivity index (χ4v) is 3.47. The molecule has 0 saturated carbocycles. The van der Waals surface area contributed by atoms with Crippen molar-refractivity contribution in [1.29, 1.82) is 0 Å². The van der Waals surface area contributed by atoms with Gasteiger partial charge in [-0.15, -0.1) is 0 Å². The molecule has 1 saturated heterocycles. The Bertz CT molecular complexity index is 553. The molecule has 1 atom stereocenters. The van der Waals surface area contributed by atoms with Crippen LogP contribution in [0.2, 0.25) is 0 Å². The van der Waals surface area contributed by atoms with Crippen LogP contribution in [-0.4, -0.2) is 30.8 Å². The predicted octanol–water partition coefficient (Wildman–Crippen LogP) is 3.34. The third-order valence-electron chi connectivity index (χ3n) is 3.33. The Kier molecular flexibility index (Phi) is 3.53. The molecule has 3 rings (SSSR count). The smallest absolute Gasteiger partial charge is 0.186 e. The van der Waals surface area contributed by atoms with Crippen LogP contribution < -0.4 is 4.90 Å². The number of anilines is 1. The van der Waals surface area contributed by atoms with Gasteiger partial charge < -0.3 is 9.64 Å². The molecule has 1 aromatic carbocycles. The van der Waals surface area contributed by atoms with E-state index in [1.165, 1.54) is 10.4 Å². The van der Waals surface area contributed by atoms with Crippen molar-refractivity contribution in [2.24, 2.45) is 0 Å². The monoisotopic (exact) mass is 274 g/mol. The zero-order valence-electron chi connectivity index (χ0n) is 11.3. The molecule has 0 radical (unpaired) electrons. The van der Waals surface area contributed by atoms with Gasteiger partial charge in [-0.1, -0.05) is 41.7 Å². The molecule has 1 aliphatic rings. The average molecular weight is 274 g/mol. The lowest BCUT2D eigenvalue weighted by Crippen LogP contribution is -2.41. The van der Waals surface area contributed by atoms with Crippen LogP contribution in [0, 0.1) is 6.92 Å². The molecule has 1 fully saturated rings. The van der Waals surface area contributed by atoms with Crippen molar-refractivity contribution in [1.82, 2.24) is 4.98 Å². The molecule has 19 heavy (non-hydrogen) atoms. The number of rotatable bonds is 2. The van der Waals surface area contributed by atoms with Crippen LogP contribution in [0.15, 0.2) is 30.3 Å². The van der Waals surface area contributed by atoms with Crippen molar-refractivity contribution in [3.63, 3.8) is 0 Å². The Morgan fingerprint density at radius 1 is 1.32 bits per heavy atom. The second-order valence-electron chi connectivity index (χ2n) is 4.90. The van der Waals surface area contributed by atoms with Gasteiger partial charge in [0.15, 0.2) is 5.13 Å². The summed E-state index contributed by atoms with van der Waals surface area (Å²) in [5, 5.41) is 1.12. The fourth-order valence-electron chi connectivity index (χ4n) is 2.37. The van der Waals surface area contributed by atoms with E-state index >= 15 is 0 Å². The van der Waals surface area contributed by atoms with Gasteiger partial charge in [0.25, 0.3) is 0 Å². The highest BCUT2D eigenvalue weighted by Gasteiger charge is 2.21. The Hall–Kier alpha value is -1.39. The number of benzene rings is 1. The van der Waals surface area contributed by atoms with Gasteiger partial charge in [0.1, 0.15) is 0 Å². The zero-order valence-corrected chi connectivity index (χ0v) is 12.1. The molecule has 3 nitrogen and oxygen atoms in total. The Labute approximate surface area is 117 Å². The van der Waals surface area contributed by atoms with Crippen LogP contribution in [0.4, 0.5) is 5.13 Å². The van der Waals surface area contributed by atoms with E-state index in [9.17, 15) is 0 Å². The third kappa shape index (κ3) is 2.65. The predicted molar refractivity (Wildman–Crippen MR) is 79.9 cm³/mol. The lowest BCUT2D eigenvalue weighted by Gasteiger charge is -2.30.